The third-order valence-corrected chi connectivity index (χ3v) is 5.69. The fraction of sp³-hybridized carbons (Fsp3) is 0.407. The lowest BCUT2D eigenvalue weighted by molar-refractivity contribution is -0.118. The molecule has 1 aromatic carbocycles. The number of alkyl carbamates (subject to hydrolysis) is 1. The maximum Gasteiger partial charge on any atom is 0.408 e. The molecule has 3 heterocycles. The SMILES string of the molecule is CC(C)(C)OC(=O)N[C@@H](Cc1ccccc1)C(=O)Nc1cncc(-c2ccnn2C2CCCCO2)c1. The van der Waals surface area contributed by atoms with Crippen LogP contribution in [0.3, 0.4) is 0 Å². The molecule has 1 fully saturated rings. The van der Waals surface area contributed by atoms with Crippen molar-refractivity contribution in [2.45, 2.75) is 64.3 Å². The van der Waals surface area contributed by atoms with Crippen LogP contribution >= 0.6 is 0 Å². The third kappa shape index (κ3) is 6.91. The molecule has 0 bridgehead atoms. The van der Waals surface area contributed by atoms with E-state index in [2.05, 4.69) is 20.7 Å². The van der Waals surface area contributed by atoms with Crippen LogP contribution in [0.25, 0.3) is 11.3 Å². The first-order chi connectivity index (χ1) is 17.3. The summed E-state index contributed by atoms with van der Waals surface area (Å²) in [5.41, 5.74) is 2.41. The van der Waals surface area contributed by atoms with E-state index in [9.17, 15) is 9.59 Å². The van der Waals surface area contributed by atoms with Crippen LogP contribution in [-0.2, 0) is 20.7 Å². The van der Waals surface area contributed by atoms with E-state index in [0.29, 0.717) is 18.7 Å². The normalized spacial score (nSPS) is 16.7. The molecule has 2 N–H and O–H groups in total. The molecule has 36 heavy (non-hydrogen) atoms. The van der Waals surface area contributed by atoms with Gasteiger partial charge in [0.05, 0.1) is 17.6 Å². The number of pyridine rings is 1. The quantitative estimate of drug-likeness (QED) is 0.495. The van der Waals surface area contributed by atoms with Crippen LogP contribution in [0.1, 0.15) is 51.8 Å². The van der Waals surface area contributed by atoms with Crippen molar-refractivity contribution in [2.75, 3.05) is 11.9 Å². The third-order valence-electron chi connectivity index (χ3n) is 5.69. The highest BCUT2D eigenvalue weighted by atomic mass is 16.6. The minimum atomic E-state index is -0.841. The van der Waals surface area contributed by atoms with Gasteiger partial charge in [0.15, 0.2) is 6.23 Å². The molecule has 190 valence electrons. The molecule has 9 nitrogen and oxygen atoms in total. The van der Waals surface area contributed by atoms with Crippen LogP contribution in [0.5, 0.6) is 0 Å². The summed E-state index contributed by atoms with van der Waals surface area (Å²) in [4.78, 5) is 30.1. The lowest BCUT2D eigenvalue weighted by Gasteiger charge is -2.24. The monoisotopic (exact) mass is 491 g/mol. The van der Waals surface area contributed by atoms with Gasteiger partial charge in [-0.05, 0) is 57.7 Å². The van der Waals surface area contributed by atoms with Crippen molar-refractivity contribution in [3.05, 3.63) is 66.6 Å². The van der Waals surface area contributed by atoms with Gasteiger partial charge in [0.2, 0.25) is 5.91 Å². The van der Waals surface area contributed by atoms with Gasteiger partial charge in [-0.3, -0.25) is 9.78 Å². The topological polar surface area (TPSA) is 107 Å². The number of amides is 2. The first-order valence-electron chi connectivity index (χ1n) is 12.2. The van der Waals surface area contributed by atoms with Crippen LogP contribution in [0, 0.1) is 0 Å². The zero-order chi connectivity index (χ0) is 25.5. The number of nitrogens with zero attached hydrogens (tertiary/aromatic N) is 3. The molecule has 2 amide bonds. The predicted octanol–water partition coefficient (Wildman–Crippen LogP) is 4.72. The highest BCUT2D eigenvalue weighted by molar-refractivity contribution is 5.97. The first-order valence-corrected chi connectivity index (χ1v) is 12.2. The van der Waals surface area contributed by atoms with Crippen LogP contribution in [-0.4, -0.2) is 45.0 Å². The van der Waals surface area contributed by atoms with E-state index < -0.39 is 17.7 Å². The van der Waals surface area contributed by atoms with Crippen molar-refractivity contribution >= 4 is 17.7 Å². The molecular formula is C27H33N5O4. The van der Waals surface area contributed by atoms with Crippen molar-refractivity contribution in [3.8, 4) is 11.3 Å². The number of rotatable bonds is 7. The molecule has 9 heteroatoms. The second kappa shape index (κ2) is 11.3. The number of aromatic nitrogens is 3. The molecule has 2 atom stereocenters. The molecular weight excluding hydrogens is 458 g/mol. The van der Waals surface area contributed by atoms with Gasteiger partial charge in [0.1, 0.15) is 11.6 Å². The molecule has 0 saturated carbocycles. The Balaban J connectivity index is 1.51. The predicted molar refractivity (Wildman–Crippen MR) is 136 cm³/mol. The zero-order valence-corrected chi connectivity index (χ0v) is 20.9. The molecule has 2 aromatic heterocycles. The maximum absolute atomic E-state index is 13.3. The molecule has 3 aromatic rings. The molecule has 1 unspecified atom stereocenters. The summed E-state index contributed by atoms with van der Waals surface area (Å²) >= 11 is 0. The minimum absolute atomic E-state index is 0.115. The average molecular weight is 492 g/mol. The van der Waals surface area contributed by atoms with Gasteiger partial charge in [0, 0.05) is 31.0 Å². The van der Waals surface area contributed by atoms with E-state index >= 15 is 0 Å². The molecule has 0 spiro atoms. The van der Waals surface area contributed by atoms with Gasteiger partial charge >= 0.3 is 6.09 Å². The van der Waals surface area contributed by atoms with Crippen molar-refractivity contribution < 1.29 is 19.1 Å². The largest absolute Gasteiger partial charge is 0.444 e. The molecule has 0 radical (unpaired) electrons. The van der Waals surface area contributed by atoms with Crippen LogP contribution in [0.15, 0.2) is 61.1 Å². The van der Waals surface area contributed by atoms with E-state index in [-0.39, 0.29) is 12.1 Å². The maximum atomic E-state index is 13.3. The van der Waals surface area contributed by atoms with E-state index in [4.69, 9.17) is 9.47 Å². The van der Waals surface area contributed by atoms with Crippen LogP contribution in [0.2, 0.25) is 0 Å². The summed E-state index contributed by atoms with van der Waals surface area (Å²) in [6.45, 7) is 6.04. The second-order valence-corrected chi connectivity index (χ2v) is 9.82. The van der Waals surface area contributed by atoms with Gasteiger partial charge < -0.3 is 20.1 Å². The summed E-state index contributed by atoms with van der Waals surface area (Å²) in [6.07, 6.45) is 7.62. The first kappa shape index (κ1) is 25.4. The molecule has 1 aliphatic heterocycles. The molecule has 4 rings (SSSR count). The number of ether oxygens (including phenoxy) is 2. The highest BCUT2D eigenvalue weighted by Crippen LogP contribution is 2.29. The number of hydrogen-bond donors (Lipinski definition) is 2. The Morgan fingerprint density at radius 2 is 1.97 bits per heavy atom. The van der Waals surface area contributed by atoms with Gasteiger partial charge in [-0.2, -0.15) is 5.10 Å². The van der Waals surface area contributed by atoms with Gasteiger partial charge in [-0.1, -0.05) is 30.3 Å². The fourth-order valence-electron chi connectivity index (χ4n) is 4.08. The van der Waals surface area contributed by atoms with Crippen molar-refractivity contribution in [2.24, 2.45) is 0 Å². The van der Waals surface area contributed by atoms with Crippen LogP contribution < -0.4 is 10.6 Å². The van der Waals surface area contributed by atoms with E-state index in [1.807, 2.05) is 47.1 Å². The smallest absolute Gasteiger partial charge is 0.408 e. The Labute approximate surface area is 211 Å². The highest BCUT2D eigenvalue weighted by Gasteiger charge is 2.25. The standard InChI is InChI=1S/C27H33N5O4/c1-27(2,3)36-26(34)31-22(15-19-9-5-4-6-10-19)25(33)30-21-16-20(17-28-18-21)23-12-13-29-32(23)24-11-7-8-14-35-24/h4-6,9-10,12-13,16-18,22,24H,7-8,11,14-15H2,1-3H3,(H,30,33)(H,31,34)/t22-,24?/m0/s1. The van der Waals surface area contributed by atoms with Crippen molar-refractivity contribution in [3.63, 3.8) is 0 Å². The van der Waals surface area contributed by atoms with Gasteiger partial charge in [-0.15, -0.1) is 0 Å². The second-order valence-electron chi connectivity index (χ2n) is 9.82. The molecule has 0 aliphatic carbocycles. The Hall–Kier alpha value is -3.72. The number of benzene rings is 1. The number of carbonyl (C=O) groups is 2. The van der Waals surface area contributed by atoms with E-state index in [0.717, 1.165) is 36.1 Å². The number of anilines is 1. The number of nitrogens with one attached hydrogen (secondary N) is 2. The summed E-state index contributed by atoms with van der Waals surface area (Å²) < 4.78 is 13.1. The zero-order valence-electron chi connectivity index (χ0n) is 20.9. The Morgan fingerprint density at radius 3 is 2.69 bits per heavy atom. The average Bonchev–Trinajstić information content (AvgIpc) is 3.34. The Bertz CT molecular complexity index is 1170. The van der Waals surface area contributed by atoms with Crippen molar-refractivity contribution in [1.82, 2.24) is 20.1 Å². The van der Waals surface area contributed by atoms with Gasteiger partial charge in [0.25, 0.3) is 0 Å². The van der Waals surface area contributed by atoms with Crippen molar-refractivity contribution in [1.29, 1.82) is 0 Å². The number of hydrogen-bond acceptors (Lipinski definition) is 6. The lowest BCUT2D eigenvalue weighted by atomic mass is 10.1. The van der Waals surface area contributed by atoms with Gasteiger partial charge in [-0.25, -0.2) is 9.48 Å². The summed E-state index contributed by atoms with van der Waals surface area (Å²) in [7, 11) is 0. The Morgan fingerprint density at radius 1 is 1.17 bits per heavy atom. The van der Waals surface area contributed by atoms with Crippen LogP contribution in [0.4, 0.5) is 10.5 Å². The fourth-order valence-corrected chi connectivity index (χ4v) is 4.08. The summed E-state index contributed by atoms with van der Waals surface area (Å²) in [5, 5.41) is 10.1. The summed E-state index contributed by atoms with van der Waals surface area (Å²) in [6, 6.07) is 12.4. The van der Waals surface area contributed by atoms with E-state index in [1.54, 1.807) is 39.4 Å². The number of carbonyl (C=O) groups excluding carboxylic acids is 2. The minimum Gasteiger partial charge on any atom is -0.444 e. The molecule has 1 aliphatic rings. The lowest BCUT2D eigenvalue weighted by Crippen LogP contribution is -2.47. The summed E-state index contributed by atoms with van der Waals surface area (Å²) in [5.74, 6) is -0.368. The Kier molecular flexibility index (Phi) is 8.00. The van der Waals surface area contributed by atoms with E-state index in [1.165, 1.54) is 0 Å². The molecule has 1 saturated heterocycles.